The smallest absolute Gasteiger partial charge is 0.173 e. The van der Waals surface area contributed by atoms with Gasteiger partial charge in [0.05, 0.1) is 17.9 Å². The molecule has 0 bridgehead atoms. The molecule has 0 aromatic carbocycles. The summed E-state index contributed by atoms with van der Waals surface area (Å²) in [6.07, 6.45) is 5.60. The predicted octanol–water partition coefficient (Wildman–Crippen LogP) is 2.56. The Morgan fingerprint density at radius 3 is 3.00 bits per heavy atom. The first kappa shape index (κ1) is 12.3. The SMILES string of the molecule is Nc1ncc(Br)nc1N1CCC[C@H]1c1ccccn1. The van der Waals surface area contributed by atoms with Crippen molar-refractivity contribution < 1.29 is 0 Å². The second kappa shape index (κ2) is 5.13. The number of anilines is 2. The number of hydrogen-bond donors (Lipinski definition) is 1. The Morgan fingerprint density at radius 2 is 2.21 bits per heavy atom. The van der Waals surface area contributed by atoms with Crippen molar-refractivity contribution in [3.63, 3.8) is 0 Å². The van der Waals surface area contributed by atoms with Crippen molar-refractivity contribution in [3.8, 4) is 0 Å². The number of hydrogen-bond acceptors (Lipinski definition) is 5. The van der Waals surface area contributed by atoms with E-state index in [1.54, 1.807) is 6.20 Å². The molecule has 0 amide bonds. The van der Waals surface area contributed by atoms with Gasteiger partial charge in [-0.25, -0.2) is 9.97 Å². The Hall–Kier alpha value is -1.69. The monoisotopic (exact) mass is 319 g/mol. The summed E-state index contributed by atoms with van der Waals surface area (Å²) in [5, 5.41) is 0. The lowest BCUT2D eigenvalue weighted by atomic mass is 10.1. The maximum atomic E-state index is 5.95. The molecular weight excluding hydrogens is 306 g/mol. The number of pyridine rings is 1. The Labute approximate surface area is 120 Å². The first-order valence-electron chi connectivity index (χ1n) is 6.21. The minimum absolute atomic E-state index is 0.229. The van der Waals surface area contributed by atoms with Gasteiger partial charge in [0, 0.05) is 12.7 Å². The zero-order valence-electron chi connectivity index (χ0n) is 10.3. The number of nitrogens with two attached hydrogens (primary N) is 1. The molecule has 0 radical (unpaired) electrons. The molecule has 0 saturated carbocycles. The summed E-state index contributed by atoms with van der Waals surface area (Å²) in [4.78, 5) is 15.3. The number of nitrogen functional groups attached to an aromatic ring is 1. The van der Waals surface area contributed by atoms with E-state index in [2.05, 4.69) is 35.8 Å². The topological polar surface area (TPSA) is 67.9 Å². The molecule has 19 heavy (non-hydrogen) atoms. The molecule has 6 heteroatoms. The summed E-state index contributed by atoms with van der Waals surface area (Å²) in [6, 6.07) is 6.21. The second-order valence-corrected chi connectivity index (χ2v) is 5.32. The molecule has 5 nitrogen and oxygen atoms in total. The van der Waals surface area contributed by atoms with Crippen molar-refractivity contribution in [2.45, 2.75) is 18.9 Å². The van der Waals surface area contributed by atoms with Gasteiger partial charge in [0.1, 0.15) is 4.60 Å². The van der Waals surface area contributed by atoms with Crippen molar-refractivity contribution in [2.75, 3.05) is 17.2 Å². The van der Waals surface area contributed by atoms with Crippen LogP contribution in [0.3, 0.4) is 0 Å². The average molecular weight is 320 g/mol. The lowest BCUT2D eigenvalue weighted by Crippen LogP contribution is -2.25. The van der Waals surface area contributed by atoms with Gasteiger partial charge >= 0.3 is 0 Å². The standard InChI is InChI=1S/C13H14BrN5/c14-11-8-17-12(15)13(18-11)19-7-3-5-10(19)9-4-1-2-6-16-9/h1-2,4,6,8,10H,3,5,7H2,(H2,15,17)/t10-/m0/s1. The zero-order chi connectivity index (χ0) is 13.2. The molecule has 2 N–H and O–H groups in total. The highest BCUT2D eigenvalue weighted by Crippen LogP contribution is 2.36. The third-order valence-electron chi connectivity index (χ3n) is 3.31. The number of nitrogens with zero attached hydrogens (tertiary/aromatic N) is 4. The largest absolute Gasteiger partial charge is 0.381 e. The van der Waals surface area contributed by atoms with Crippen LogP contribution in [0.15, 0.2) is 35.2 Å². The van der Waals surface area contributed by atoms with E-state index in [1.807, 2.05) is 24.4 Å². The molecule has 0 spiro atoms. The van der Waals surface area contributed by atoms with Gasteiger partial charge in [-0.1, -0.05) is 6.07 Å². The molecule has 98 valence electrons. The van der Waals surface area contributed by atoms with Gasteiger partial charge < -0.3 is 10.6 Å². The molecule has 2 aromatic heterocycles. The highest BCUT2D eigenvalue weighted by Gasteiger charge is 2.29. The van der Waals surface area contributed by atoms with Gasteiger partial charge in [-0.2, -0.15) is 0 Å². The van der Waals surface area contributed by atoms with Crippen LogP contribution in [0.5, 0.6) is 0 Å². The van der Waals surface area contributed by atoms with E-state index in [0.29, 0.717) is 10.4 Å². The van der Waals surface area contributed by atoms with Gasteiger partial charge in [0.2, 0.25) is 0 Å². The average Bonchev–Trinajstić information content (AvgIpc) is 2.91. The van der Waals surface area contributed by atoms with Crippen molar-refractivity contribution in [1.82, 2.24) is 15.0 Å². The quantitative estimate of drug-likeness (QED) is 0.921. The van der Waals surface area contributed by atoms with Gasteiger partial charge in [-0.05, 0) is 40.9 Å². The third-order valence-corrected chi connectivity index (χ3v) is 3.69. The van der Waals surface area contributed by atoms with Crippen LogP contribution in [-0.4, -0.2) is 21.5 Å². The van der Waals surface area contributed by atoms with E-state index in [9.17, 15) is 0 Å². The van der Waals surface area contributed by atoms with Crippen molar-refractivity contribution in [2.24, 2.45) is 0 Å². The number of halogens is 1. The van der Waals surface area contributed by atoms with Gasteiger partial charge in [0.15, 0.2) is 11.6 Å². The summed E-state index contributed by atoms with van der Waals surface area (Å²) in [6.45, 7) is 0.927. The first-order chi connectivity index (χ1) is 9.25. The predicted molar refractivity (Wildman–Crippen MR) is 77.7 cm³/mol. The Bertz CT molecular complexity index is 575. The van der Waals surface area contributed by atoms with E-state index in [-0.39, 0.29) is 6.04 Å². The van der Waals surface area contributed by atoms with Crippen molar-refractivity contribution in [3.05, 3.63) is 40.9 Å². The lowest BCUT2D eigenvalue weighted by molar-refractivity contribution is 0.687. The molecule has 3 rings (SSSR count). The summed E-state index contributed by atoms with van der Waals surface area (Å²) in [7, 11) is 0. The fourth-order valence-corrected chi connectivity index (χ4v) is 2.75. The molecule has 1 aliphatic heterocycles. The third kappa shape index (κ3) is 2.40. The highest BCUT2D eigenvalue weighted by molar-refractivity contribution is 9.10. The molecule has 0 aliphatic carbocycles. The molecule has 0 unspecified atom stereocenters. The van der Waals surface area contributed by atoms with Crippen LogP contribution in [0.1, 0.15) is 24.6 Å². The maximum Gasteiger partial charge on any atom is 0.173 e. The van der Waals surface area contributed by atoms with Crippen molar-refractivity contribution in [1.29, 1.82) is 0 Å². The molecule has 2 aromatic rings. The first-order valence-corrected chi connectivity index (χ1v) is 7.00. The van der Waals surface area contributed by atoms with Crippen LogP contribution in [0.4, 0.5) is 11.6 Å². The van der Waals surface area contributed by atoms with Crippen LogP contribution in [-0.2, 0) is 0 Å². The second-order valence-electron chi connectivity index (χ2n) is 4.51. The lowest BCUT2D eigenvalue weighted by Gasteiger charge is -2.25. The van der Waals surface area contributed by atoms with E-state index in [1.165, 1.54) is 0 Å². The van der Waals surface area contributed by atoms with Gasteiger partial charge in [0.25, 0.3) is 0 Å². The summed E-state index contributed by atoms with van der Waals surface area (Å²) >= 11 is 3.35. The molecule has 1 aliphatic rings. The van der Waals surface area contributed by atoms with Crippen LogP contribution < -0.4 is 10.6 Å². The van der Waals surface area contributed by atoms with Crippen LogP contribution in [0.2, 0.25) is 0 Å². The molecule has 1 saturated heterocycles. The number of aromatic nitrogens is 3. The van der Waals surface area contributed by atoms with Crippen molar-refractivity contribution >= 4 is 27.6 Å². The molecule has 3 heterocycles. The summed E-state index contributed by atoms with van der Waals surface area (Å²) < 4.78 is 0.698. The number of rotatable bonds is 2. The maximum absolute atomic E-state index is 5.95. The van der Waals surface area contributed by atoms with E-state index >= 15 is 0 Å². The van der Waals surface area contributed by atoms with Crippen LogP contribution in [0, 0.1) is 0 Å². The van der Waals surface area contributed by atoms with Crippen LogP contribution in [0.25, 0.3) is 0 Å². The Kier molecular flexibility index (Phi) is 3.33. The fourth-order valence-electron chi connectivity index (χ4n) is 2.48. The minimum atomic E-state index is 0.229. The zero-order valence-corrected chi connectivity index (χ0v) is 11.9. The molecular formula is C13H14BrN5. The van der Waals surface area contributed by atoms with Gasteiger partial charge in [-0.3, -0.25) is 4.98 Å². The highest BCUT2D eigenvalue weighted by atomic mass is 79.9. The molecule has 1 atom stereocenters. The van der Waals surface area contributed by atoms with E-state index < -0.39 is 0 Å². The van der Waals surface area contributed by atoms with Crippen LogP contribution >= 0.6 is 15.9 Å². The van der Waals surface area contributed by atoms with Gasteiger partial charge in [-0.15, -0.1) is 0 Å². The normalized spacial score (nSPS) is 18.8. The van der Waals surface area contributed by atoms with E-state index in [0.717, 1.165) is 30.9 Å². The summed E-state index contributed by atoms with van der Waals surface area (Å²) in [5.74, 6) is 1.20. The molecule has 1 fully saturated rings. The summed E-state index contributed by atoms with van der Waals surface area (Å²) in [5.41, 5.74) is 7.01. The fraction of sp³-hybridized carbons (Fsp3) is 0.308. The minimum Gasteiger partial charge on any atom is -0.381 e. The Morgan fingerprint density at radius 1 is 1.32 bits per heavy atom. The Balaban J connectivity index is 1.97. The van der Waals surface area contributed by atoms with E-state index in [4.69, 9.17) is 5.73 Å².